The van der Waals surface area contributed by atoms with Gasteiger partial charge in [-0.15, -0.1) is 5.48 Å². The average molecular weight is 492 g/mol. The van der Waals surface area contributed by atoms with E-state index in [1.54, 1.807) is 0 Å². The van der Waals surface area contributed by atoms with E-state index in [0.29, 0.717) is 35.8 Å². The van der Waals surface area contributed by atoms with Crippen molar-refractivity contribution < 1.29 is 32.6 Å². The number of nitrogens with zero attached hydrogens (tertiary/aromatic N) is 2. The Balaban J connectivity index is 1.07. The minimum Gasteiger partial charge on any atom is -0.473 e. The molecule has 5 rings (SSSR count). The van der Waals surface area contributed by atoms with E-state index < -0.39 is 18.0 Å². The highest BCUT2D eigenvalue weighted by Crippen LogP contribution is 2.36. The monoisotopic (exact) mass is 491 g/mol. The van der Waals surface area contributed by atoms with Gasteiger partial charge >= 0.3 is 6.18 Å². The molecule has 0 aromatic heterocycles. The lowest BCUT2D eigenvalue weighted by Crippen LogP contribution is -2.38. The number of alkyl halides is 3. The van der Waals surface area contributed by atoms with Crippen LogP contribution in [0.4, 0.5) is 13.2 Å². The minimum absolute atomic E-state index is 0.0542. The highest BCUT2D eigenvalue weighted by Gasteiger charge is 2.32. The number of amides is 1. The number of aliphatic hydroxyl groups excluding tert-OH is 1. The Morgan fingerprint density at radius 3 is 2.66 bits per heavy atom. The Labute approximate surface area is 201 Å². The molecule has 3 heterocycles. The number of ether oxygens (including phenoxy) is 1. The SMILES string of the molecule is O=C(CCCN1CCC(c2ccc3c(c2)C(O)NO3)CC1)N1COc2ccc(C(F)(F)F)cc2C1. The molecule has 10 heteroatoms. The molecular formula is C25H28F3N3O4. The van der Waals surface area contributed by atoms with E-state index >= 15 is 0 Å². The van der Waals surface area contributed by atoms with E-state index in [1.165, 1.54) is 16.5 Å². The van der Waals surface area contributed by atoms with Crippen molar-refractivity contribution in [2.45, 2.75) is 50.6 Å². The number of hydrogen-bond acceptors (Lipinski definition) is 6. The third-order valence-corrected chi connectivity index (χ3v) is 7.01. The Bertz CT molecular complexity index is 1090. The average Bonchev–Trinajstić information content (AvgIpc) is 3.23. The van der Waals surface area contributed by atoms with Crippen molar-refractivity contribution >= 4 is 5.91 Å². The van der Waals surface area contributed by atoms with Gasteiger partial charge in [0.2, 0.25) is 5.91 Å². The van der Waals surface area contributed by atoms with E-state index in [1.807, 2.05) is 18.2 Å². The van der Waals surface area contributed by atoms with Crippen molar-refractivity contribution in [1.82, 2.24) is 15.3 Å². The summed E-state index contributed by atoms with van der Waals surface area (Å²) in [5.74, 6) is 1.35. The van der Waals surface area contributed by atoms with Gasteiger partial charge in [-0.25, -0.2) is 0 Å². The Morgan fingerprint density at radius 1 is 1.11 bits per heavy atom. The fourth-order valence-corrected chi connectivity index (χ4v) is 4.99. The van der Waals surface area contributed by atoms with Gasteiger partial charge in [-0.3, -0.25) is 4.79 Å². The van der Waals surface area contributed by atoms with E-state index in [0.717, 1.165) is 50.2 Å². The lowest BCUT2D eigenvalue weighted by atomic mass is 9.88. The van der Waals surface area contributed by atoms with Gasteiger partial charge < -0.3 is 24.5 Å². The number of fused-ring (bicyclic) bond motifs is 2. The molecule has 2 aromatic carbocycles. The molecule has 0 bridgehead atoms. The zero-order valence-corrected chi connectivity index (χ0v) is 19.2. The maximum absolute atomic E-state index is 13.0. The highest BCUT2D eigenvalue weighted by atomic mass is 19.4. The Morgan fingerprint density at radius 2 is 1.89 bits per heavy atom. The fourth-order valence-electron chi connectivity index (χ4n) is 4.99. The number of aliphatic hydroxyl groups is 1. The van der Waals surface area contributed by atoms with Crippen LogP contribution in [0.2, 0.25) is 0 Å². The van der Waals surface area contributed by atoms with Crippen LogP contribution in [0.3, 0.4) is 0 Å². The zero-order chi connectivity index (χ0) is 24.6. The minimum atomic E-state index is -4.43. The van der Waals surface area contributed by atoms with E-state index in [4.69, 9.17) is 9.57 Å². The standard InChI is InChI=1S/C25H28F3N3O4/c26-25(27,28)19-4-6-21-18(12-19)14-31(15-34-21)23(32)2-1-9-30-10-7-16(8-11-30)17-3-5-22-20(13-17)24(33)29-35-22/h3-6,12-13,16,24,29,33H,1-2,7-11,14-15H2. The molecule has 0 radical (unpaired) electrons. The molecule has 1 atom stereocenters. The third-order valence-electron chi connectivity index (χ3n) is 7.01. The topological polar surface area (TPSA) is 74.3 Å². The predicted molar refractivity (Wildman–Crippen MR) is 120 cm³/mol. The van der Waals surface area contributed by atoms with Gasteiger partial charge in [0.25, 0.3) is 0 Å². The number of benzene rings is 2. The van der Waals surface area contributed by atoms with Crippen molar-refractivity contribution in [1.29, 1.82) is 0 Å². The zero-order valence-electron chi connectivity index (χ0n) is 19.2. The molecule has 35 heavy (non-hydrogen) atoms. The number of carbonyl (C=O) groups is 1. The first-order valence-electron chi connectivity index (χ1n) is 11.9. The molecule has 3 aliphatic heterocycles. The molecule has 188 valence electrons. The van der Waals surface area contributed by atoms with Gasteiger partial charge in [-0.2, -0.15) is 13.2 Å². The van der Waals surface area contributed by atoms with E-state index in [-0.39, 0.29) is 19.2 Å². The van der Waals surface area contributed by atoms with Gasteiger partial charge in [0, 0.05) is 17.5 Å². The van der Waals surface area contributed by atoms with Crippen LogP contribution in [0, 0.1) is 0 Å². The maximum Gasteiger partial charge on any atom is 0.416 e. The third kappa shape index (κ3) is 5.24. The lowest BCUT2D eigenvalue weighted by molar-refractivity contribution is -0.137. The van der Waals surface area contributed by atoms with Crippen molar-refractivity contribution in [2.24, 2.45) is 0 Å². The largest absolute Gasteiger partial charge is 0.473 e. The number of nitrogens with one attached hydrogen (secondary N) is 1. The second-order valence-corrected chi connectivity index (χ2v) is 9.32. The molecular weight excluding hydrogens is 463 g/mol. The summed E-state index contributed by atoms with van der Waals surface area (Å²) in [6.45, 7) is 2.82. The Kier molecular flexibility index (Phi) is 6.61. The molecule has 0 spiro atoms. The predicted octanol–water partition coefficient (Wildman–Crippen LogP) is 3.93. The smallest absolute Gasteiger partial charge is 0.416 e. The van der Waals surface area contributed by atoms with Gasteiger partial charge in [0.15, 0.2) is 18.7 Å². The van der Waals surface area contributed by atoms with Gasteiger partial charge in [-0.1, -0.05) is 6.07 Å². The van der Waals surface area contributed by atoms with Crippen molar-refractivity contribution in [2.75, 3.05) is 26.4 Å². The van der Waals surface area contributed by atoms with Crippen LogP contribution >= 0.6 is 0 Å². The number of rotatable bonds is 5. The first-order valence-corrected chi connectivity index (χ1v) is 11.9. The summed E-state index contributed by atoms with van der Waals surface area (Å²) >= 11 is 0. The van der Waals surface area contributed by atoms with Crippen molar-refractivity contribution in [3.63, 3.8) is 0 Å². The molecule has 1 fully saturated rings. The lowest BCUT2D eigenvalue weighted by Gasteiger charge is -2.33. The summed E-state index contributed by atoms with van der Waals surface area (Å²) in [4.78, 5) is 21.7. The molecule has 1 unspecified atom stereocenters. The van der Waals surface area contributed by atoms with Crippen molar-refractivity contribution in [3.8, 4) is 11.5 Å². The maximum atomic E-state index is 13.0. The van der Waals surface area contributed by atoms with Crippen LogP contribution < -0.4 is 15.1 Å². The Hall–Kier alpha value is -2.82. The molecule has 0 aliphatic carbocycles. The van der Waals surface area contributed by atoms with Crippen LogP contribution in [-0.2, 0) is 17.5 Å². The second kappa shape index (κ2) is 9.67. The van der Waals surface area contributed by atoms with Gasteiger partial charge in [0.1, 0.15) is 5.75 Å². The fraction of sp³-hybridized carbons (Fsp3) is 0.480. The second-order valence-electron chi connectivity index (χ2n) is 9.32. The van der Waals surface area contributed by atoms with Gasteiger partial charge in [0.05, 0.1) is 12.1 Å². The van der Waals surface area contributed by atoms with Crippen LogP contribution in [0.1, 0.15) is 60.1 Å². The van der Waals surface area contributed by atoms with Gasteiger partial charge in [-0.05, 0) is 80.7 Å². The molecule has 7 nitrogen and oxygen atoms in total. The molecule has 3 aliphatic rings. The van der Waals surface area contributed by atoms with Crippen molar-refractivity contribution in [3.05, 3.63) is 58.7 Å². The van der Waals surface area contributed by atoms with Crippen LogP contribution in [0.5, 0.6) is 11.5 Å². The van der Waals surface area contributed by atoms with Crippen LogP contribution in [0.25, 0.3) is 0 Å². The normalized spacial score (nSPS) is 20.7. The molecule has 1 amide bonds. The quantitative estimate of drug-likeness (QED) is 0.661. The first kappa shape index (κ1) is 23.9. The van der Waals surface area contributed by atoms with E-state index in [9.17, 15) is 23.1 Å². The van der Waals surface area contributed by atoms with E-state index in [2.05, 4.69) is 10.4 Å². The summed E-state index contributed by atoms with van der Waals surface area (Å²) in [6.07, 6.45) is -2.22. The number of hydrogen-bond donors (Lipinski definition) is 2. The molecule has 0 saturated carbocycles. The summed E-state index contributed by atoms with van der Waals surface area (Å²) in [5.41, 5.74) is 4.16. The number of carbonyl (C=O) groups excluding carboxylic acids is 1. The number of hydroxylamine groups is 1. The number of piperidine rings is 1. The number of halogens is 3. The molecule has 2 aromatic rings. The summed E-state index contributed by atoms with van der Waals surface area (Å²) in [7, 11) is 0. The first-order chi connectivity index (χ1) is 16.8. The van der Waals surface area contributed by atoms with Crippen LogP contribution in [0.15, 0.2) is 36.4 Å². The summed E-state index contributed by atoms with van der Waals surface area (Å²) in [5, 5.41) is 9.95. The number of likely N-dealkylation sites (tertiary alicyclic amines) is 1. The summed E-state index contributed by atoms with van der Waals surface area (Å²) < 4.78 is 44.5. The summed E-state index contributed by atoms with van der Waals surface area (Å²) in [6, 6.07) is 9.32. The molecule has 2 N–H and O–H groups in total. The highest BCUT2D eigenvalue weighted by molar-refractivity contribution is 5.76. The van der Waals surface area contributed by atoms with Crippen LogP contribution in [-0.4, -0.2) is 47.2 Å². The molecule has 1 saturated heterocycles.